The number of hydrogen-bond acceptors (Lipinski definition) is 3. The molecule has 2 N–H and O–H groups in total. The summed E-state index contributed by atoms with van der Waals surface area (Å²) in [6.07, 6.45) is 1.78. The second-order valence-corrected chi connectivity index (χ2v) is 6.28. The van der Waals surface area contributed by atoms with Crippen molar-refractivity contribution in [3.63, 3.8) is 0 Å². The first-order valence-corrected chi connectivity index (χ1v) is 8.28. The van der Waals surface area contributed by atoms with Crippen LogP contribution >= 0.6 is 15.9 Å². The van der Waals surface area contributed by atoms with Gasteiger partial charge < -0.3 is 15.0 Å². The lowest BCUT2D eigenvalue weighted by Gasteiger charge is -2.07. The Balaban J connectivity index is 1.54. The number of hydrogen-bond donors (Lipinski definition) is 2. The second kappa shape index (κ2) is 7.48. The molecule has 0 spiro atoms. The third-order valence-electron chi connectivity index (χ3n) is 3.58. The van der Waals surface area contributed by atoms with Crippen molar-refractivity contribution in [2.45, 2.75) is 6.42 Å². The number of anilines is 1. The Labute approximate surface area is 151 Å². The Morgan fingerprint density at radius 3 is 2.80 bits per heavy atom. The van der Waals surface area contributed by atoms with E-state index < -0.39 is 24.3 Å². The van der Waals surface area contributed by atoms with Crippen LogP contribution < -0.4 is 5.32 Å². The molecule has 0 aliphatic rings. The predicted molar refractivity (Wildman–Crippen MR) is 95.7 cm³/mol. The molecule has 3 rings (SSSR count). The van der Waals surface area contributed by atoms with Gasteiger partial charge in [-0.15, -0.1) is 0 Å². The Bertz CT molecular complexity index is 939. The lowest BCUT2D eigenvalue weighted by molar-refractivity contribution is -0.146. The van der Waals surface area contributed by atoms with Gasteiger partial charge in [0.15, 0.2) is 6.61 Å². The average molecular weight is 405 g/mol. The van der Waals surface area contributed by atoms with E-state index in [9.17, 15) is 14.0 Å². The summed E-state index contributed by atoms with van der Waals surface area (Å²) in [7, 11) is 0. The van der Waals surface area contributed by atoms with Gasteiger partial charge in [-0.05, 0) is 29.8 Å². The highest BCUT2D eigenvalue weighted by molar-refractivity contribution is 9.10. The SMILES string of the molecule is O=C(COC(=O)Cc1c[nH]c2ccccc12)Nc1ccc(Br)cc1F. The van der Waals surface area contributed by atoms with Crippen molar-refractivity contribution in [3.8, 4) is 0 Å². The van der Waals surface area contributed by atoms with E-state index in [1.54, 1.807) is 12.3 Å². The van der Waals surface area contributed by atoms with Crippen molar-refractivity contribution < 1.29 is 18.7 Å². The zero-order valence-electron chi connectivity index (χ0n) is 13.0. The number of para-hydroxylation sites is 1. The van der Waals surface area contributed by atoms with E-state index in [1.165, 1.54) is 12.1 Å². The zero-order chi connectivity index (χ0) is 17.8. The number of aromatic nitrogens is 1. The summed E-state index contributed by atoms with van der Waals surface area (Å²) >= 11 is 3.13. The van der Waals surface area contributed by atoms with E-state index in [-0.39, 0.29) is 12.1 Å². The Morgan fingerprint density at radius 1 is 1.20 bits per heavy atom. The second-order valence-electron chi connectivity index (χ2n) is 5.37. The maximum absolute atomic E-state index is 13.7. The van der Waals surface area contributed by atoms with Crippen molar-refractivity contribution in [2.75, 3.05) is 11.9 Å². The van der Waals surface area contributed by atoms with E-state index in [0.29, 0.717) is 4.47 Å². The van der Waals surface area contributed by atoms with Gasteiger partial charge in [0.25, 0.3) is 5.91 Å². The molecule has 0 unspecified atom stereocenters. The summed E-state index contributed by atoms with van der Waals surface area (Å²) in [5.41, 5.74) is 1.74. The highest BCUT2D eigenvalue weighted by Gasteiger charge is 2.13. The summed E-state index contributed by atoms with van der Waals surface area (Å²) in [6.45, 7) is -0.476. The summed E-state index contributed by atoms with van der Waals surface area (Å²) in [5, 5.41) is 3.29. The lowest BCUT2D eigenvalue weighted by Crippen LogP contribution is -2.22. The summed E-state index contributed by atoms with van der Waals surface area (Å²) < 4.78 is 19.2. The van der Waals surface area contributed by atoms with Gasteiger partial charge >= 0.3 is 5.97 Å². The van der Waals surface area contributed by atoms with Crippen molar-refractivity contribution in [1.82, 2.24) is 4.98 Å². The van der Waals surface area contributed by atoms with Gasteiger partial charge in [-0.2, -0.15) is 0 Å². The summed E-state index contributed by atoms with van der Waals surface area (Å²) in [4.78, 5) is 26.8. The number of rotatable bonds is 5. The quantitative estimate of drug-likeness (QED) is 0.635. The molecule has 0 fully saturated rings. The van der Waals surface area contributed by atoms with Crippen LogP contribution in [0.25, 0.3) is 10.9 Å². The van der Waals surface area contributed by atoms with Gasteiger partial charge in [-0.1, -0.05) is 34.1 Å². The minimum atomic E-state index is -0.603. The predicted octanol–water partition coefficient (Wildman–Crippen LogP) is 3.79. The van der Waals surface area contributed by atoms with Crippen LogP contribution in [0.3, 0.4) is 0 Å². The molecule has 0 saturated carbocycles. The normalized spacial score (nSPS) is 10.6. The first kappa shape index (κ1) is 17.2. The van der Waals surface area contributed by atoms with Crippen molar-refractivity contribution in [2.24, 2.45) is 0 Å². The lowest BCUT2D eigenvalue weighted by atomic mass is 10.1. The van der Waals surface area contributed by atoms with E-state index in [2.05, 4.69) is 26.2 Å². The van der Waals surface area contributed by atoms with Gasteiger partial charge in [0.2, 0.25) is 0 Å². The van der Waals surface area contributed by atoms with Crippen LogP contribution in [-0.2, 0) is 20.7 Å². The van der Waals surface area contributed by atoms with Crippen molar-refractivity contribution in [1.29, 1.82) is 0 Å². The van der Waals surface area contributed by atoms with E-state index in [0.717, 1.165) is 16.5 Å². The molecule has 5 nitrogen and oxygen atoms in total. The summed E-state index contributed by atoms with van der Waals surface area (Å²) in [5.74, 6) is -1.71. The fourth-order valence-corrected chi connectivity index (χ4v) is 2.74. The minimum Gasteiger partial charge on any atom is -0.455 e. The van der Waals surface area contributed by atoms with Gasteiger partial charge in [-0.3, -0.25) is 9.59 Å². The standard InChI is InChI=1S/C18H14BrFN2O3/c19-12-5-6-16(14(20)8-12)22-17(23)10-25-18(24)7-11-9-21-15-4-2-1-3-13(11)15/h1-6,8-9,21H,7,10H2,(H,22,23). The maximum atomic E-state index is 13.7. The highest BCUT2D eigenvalue weighted by atomic mass is 79.9. The first-order chi connectivity index (χ1) is 12.0. The number of benzene rings is 2. The monoisotopic (exact) mass is 404 g/mol. The van der Waals surface area contributed by atoms with E-state index in [4.69, 9.17) is 4.74 Å². The molecule has 2 aromatic carbocycles. The van der Waals surface area contributed by atoms with Crippen LogP contribution in [-0.4, -0.2) is 23.5 Å². The number of halogens is 2. The topological polar surface area (TPSA) is 71.2 Å². The van der Waals surface area contributed by atoms with Crippen LogP contribution in [0.4, 0.5) is 10.1 Å². The molecule has 1 amide bonds. The van der Waals surface area contributed by atoms with Gasteiger partial charge in [0.05, 0.1) is 12.1 Å². The molecule has 0 aliphatic heterocycles. The average Bonchev–Trinajstić information content (AvgIpc) is 2.99. The molecule has 7 heteroatoms. The first-order valence-electron chi connectivity index (χ1n) is 7.48. The van der Waals surface area contributed by atoms with Crippen LogP contribution in [0.1, 0.15) is 5.56 Å². The molecule has 3 aromatic rings. The van der Waals surface area contributed by atoms with Crippen LogP contribution in [0.15, 0.2) is 53.1 Å². The number of esters is 1. The van der Waals surface area contributed by atoms with Crippen LogP contribution in [0.5, 0.6) is 0 Å². The van der Waals surface area contributed by atoms with Crippen molar-refractivity contribution >= 4 is 44.4 Å². The largest absolute Gasteiger partial charge is 0.455 e. The van der Waals surface area contributed by atoms with Crippen molar-refractivity contribution in [3.05, 3.63) is 64.5 Å². The molecule has 0 saturated heterocycles. The molecular formula is C18H14BrFN2O3. The molecule has 0 bridgehead atoms. The molecule has 1 aromatic heterocycles. The van der Waals surface area contributed by atoms with E-state index >= 15 is 0 Å². The number of aromatic amines is 1. The number of ether oxygens (including phenoxy) is 1. The number of H-pyrrole nitrogens is 1. The number of nitrogens with one attached hydrogen (secondary N) is 2. The molecular weight excluding hydrogens is 391 g/mol. The third kappa shape index (κ3) is 4.24. The van der Waals surface area contributed by atoms with Gasteiger partial charge in [0, 0.05) is 21.6 Å². The molecule has 0 aliphatic carbocycles. The van der Waals surface area contributed by atoms with Crippen LogP contribution in [0.2, 0.25) is 0 Å². The smallest absolute Gasteiger partial charge is 0.310 e. The molecule has 0 radical (unpaired) electrons. The number of carbonyl (C=O) groups is 2. The fraction of sp³-hybridized carbons (Fsp3) is 0.111. The molecule has 1 heterocycles. The Morgan fingerprint density at radius 2 is 2.00 bits per heavy atom. The molecule has 128 valence electrons. The summed E-state index contributed by atoms with van der Waals surface area (Å²) in [6, 6.07) is 11.8. The number of amides is 1. The minimum absolute atomic E-state index is 0.0286. The van der Waals surface area contributed by atoms with Crippen LogP contribution in [0, 0.1) is 5.82 Å². The third-order valence-corrected chi connectivity index (χ3v) is 4.07. The Kier molecular flexibility index (Phi) is 5.14. The van der Waals surface area contributed by atoms with Gasteiger partial charge in [0.1, 0.15) is 5.82 Å². The Hall–Kier alpha value is -2.67. The molecule has 0 atom stereocenters. The maximum Gasteiger partial charge on any atom is 0.310 e. The van der Waals surface area contributed by atoms with E-state index in [1.807, 2.05) is 24.3 Å². The number of carbonyl (C=O) groups excluding carboxylic acids is 2. The molecule has 25 heavy (non-hydrogen) atoms. The number of fused-ring (bicyclic) bond motifs is 1. The van der Waals surface area contributed by atoms with Gasteiger partial charge in [-0.25, -0.2) is 4.39 Å². The fourth-order valence-electron chi connectivity index (χ4n) is 2.41. The highest BCUT2D eigenvalue weighted by Crippen LogP contribution is 2.20. The zero-order valence-corrected chi connectivity index (χ0v) is 14.6.